The van der Waals surface area contributed by atoms with Crippen LogP contribution in [-0.4, -0.2) is 57.7 Å². The highest BCUT2D eigenvalue weighted by molar-refractivity contribution is 4.91. The van der Waals surface area contributed by atoms with E-state index in [1.165, 1.54) is 0 Å². The van der Waals surface area contributed by atoms with Gasteiger partial charge in [0.25, 0.3) is 0 Å². The lowest BCUT2D eigenvalue weighted by Gasteiger charge is -2.40. The van der Waals surface area contributed by atoms with Gasteiger partial charge in [-0.3, -0.25) is 0 Å². The van der Waals surface area contributed by atoms with Crippen LogP contribution in [0.1, 0.15) is 0 Å². The van der Waals surface area contributed by atoms with Crippen molar-refractivity contribution >= 4 is 0 Å². The topological polar surface area (TPSA) is 116 Å². The van der Waals surface area contributed by atoms with E-state index in [1.54, 1.807) is 0 Å². The summed E-state index contributed by atoms with van der Waals surface area (Å²) in [5.74, 6) is -2.01. The molecule has 0 aromatic rings. The Kier molecular flexibility index (Phi) is 2.26. The van der Waals surface area contributed by atoms with Crippen LogP contribution >= 0.6 is 0 Å². The summed E-state index contributed by atoms with van der Waals surface area (Å²) in [5, 5.41) is 37.0. The first kappa shape index (κ1) is 8.36. The average molecular weight is 180 g/mol. The number of hydrogen-bond donors (Lipinski definition) is 5. The molecule has 0 amide bonds. The molecule has 1 unspecified atom stereocenters. The van der Waals surface area contributed by atoms with Gasteiger partial charge in [0.1, 0.15) is 19.7 Å². The molecule has 1 rings (SSSR count). The van der Waals surface area contributed by atoms with E-state index in [-0.39, 0.29) is 13.2 Å². The zero-order chi connectivity index (χ0) is 10.1. The van der Waals surface area contributed by atoms with Crippen molar-refractivity contribution in [3.63, 3.8) is 0 Å². The zero-order valence-electron chi connectivity index (χ0n) is 7.34. The molecule has 1 fully saturated rings. The van der Waals surface area contributed by atoms with E-state index >= 15 is 0 Å². The molecule has 4 atom stereocenters. The standard InChI is InChI=1S/C6H13NO5/c7-2-6(11)5(10)4(9)3(8)1-12-6/h3-5,8-11H,1-2,7H2/t3-,4-,5+,6?/m1/s1/i/hD. The van der Waals surface area contributed by atoms with Crippen molar-refractivity contribution in [1.82, 2.24) is 0 Å². The molecule has 1 heterocycles. The van der Waals surface area contributed by atoms with Gasteiger partial charge in [-0.15, -0.1) is 0 Å². The van der Waals surface area contributed by atoms with E-state index in [1.807, 2.05) is 5.73 Å². The van der Waals surface area contributed by atoms with Crippen LogP contribution in [0.4, 0.5) is 0 Å². The van der Waals surface area contributed by atoms with Gasteiger partial charge in [-0.1, -0.05) is 0 Å². The van der Waals surface area contributed by atoms with Gasteiger partial charge in [0.05, 0.1) is 6.61 Å². The number of hydrogen-bond acceptors (Lipinski definition) is 6. The molecule has 6 N–H and O–H groups in total. The molecular formula is C6H13NO5. The summed E-state index contributed by atoms with van der Waals surface area (Å²) < 4.78 is 11.3. The maximum Gasteiger partial charge on any atom is 0.207 e. The predicted molar refractivity (Wildman–Crippen MR) is 38.0 cm³/mol. The van der Waals surface area contributed by atoms with Crippen molar-refractivity contribution in [2.45, 2.75) is 24.1 Å². The third kappa shape index (κ3) is 1.45. The monoisotopic (exact) mass is 180 g/mol. The summed E-state index contributed by atoms with van der Waals surface area (Å²) in [5.41, 5.74) is 1.87. The average Bonchev–Trinajstić information content (AvgIpc) is 2.10. The van der Waals surface area contributed by atoms with Crippen LogP contribution in [0.2, 0.25) is 1.41 Å². The van der Waals surface area contributed by atoms with Crippen molar-refractivity contribution in [3.8, 4) is 0 Å². The maximum absolute atomic E-state index is 9.50. The van der Waals surface area contributed by atoms with Gasteiger partial charge in [-0.05, 0) is 0 Å². The molecule has 0 aromatic carbocycles. The molecular weight excluding hydrogens is 166 g/mol. The second kappa shape index (κ2) is 3.25. The zero-order valence-corrected chi connectivity index (χ0v) is 6.34. The number of ether oxygens (including phenoxy) is 1. The molecule has 1 aliphatic rings. The van der Waals surface area contributed by atoms with Gasteiger partial charge in [-0.2, -0.15) is 0 Å². The number of nitrogens with two attached hydrogens (primary N) is 1. The molecule has 1 saturated heterocycles. The molecule has 0 saturated carbocycles. The van der Waals surface area contributed by atoms with Gasteiger partial charge in [0, 0.05) is 6.54 Å². The Balaban J connectivity index is 2.67. The minimum Gasteiger partial charge on any atom is -0.388 e. The quantitative estimate of drug-likeness (QED) is 0.305. The molecule has 0 radical (unpaired) electrons. The van der Waals surface area contributed by atoms with Crippen molar-refractivity contribution in [1.29, 1.82) is 0 Å². The number of rotatable bonds is 2. The fraction of sp³-hybridized carbons (Fsp3) is 1.00. The highest BCUT2D eigenvalue weighted by Crippen LogP contribution is 2.22. The van der Waals surface area contributed by atoms with Crippen LogP contribution in [0.15, 0.2) is 0 Å². The first-order chi connectivity index (χ1) is 6.01. The summed E-state index contributed by atoms with van der Waals surface area (Å²) in [4.78, 5) is 0. The van der Waals surface area contributed by atoms with E-state index in [0.29, 0.717) is 0 Å². The Hall–Kier alpha value is -0.240. The minimum atomic E-state index is -2.01. The summed E-state index contributed by atoms with van der Waals surface area (Å²) in [7, 11) is 0. The smallest absolute Gasteiger partial charge is 0.207 e. The van der Waals surface area contributed by atoms with Gasteiger partial charge >= 0.3 is 0 Å². The maximum atomic E-state index is 9.50. The van der Waals surface area contributed by atoms with Crippen LogP contribution in [0.3, 0.4) is 0 Å². The molecule has 0 aliphatic carbocycles. The highest BCUT2D eigenvalue weighted by Gasteiger charge is 2.47. The minimum absolute atomic E-state index is 0.281. The number of aliphatic hydroxyl groups is 4. The van der Waals surface area contributed by atoms with E-state index in [9.17, 15) is 15.3 Å². The van der Waals surface area contributed by atoms with E-state index in [0.717, 1.165) is 0 Å². The van der Waals surface area contributed by atoms with Gasteiger partial charge in [0.15, 0.2) is 0 Å². The van der Waals surface area contributed by atoms with E-state index in [4.69, 9.17) is 11.3 Å². The van der Waals surface area contributed by atoms with Crippen LogP contribution in [0.5, 0.6) is 0 Å². The van der Waals surface area contributed by atoms with Gasteiger partial charge in [-0.25, -0.2) is 0 Å². The van der Waals surface area contributed by atoms with E-state index < -0.39 is 24.1 Å². The third-order valence-electron chi connectivity index (χ3n) is 1.94. The Labute approximate surface area is 70.7 Å². The first-order valence-corrected chi connectivity index (χ1v) is 3.56. The van der Waals surface area contributed by atoms with Crippen LogP contribution in [0, 0.1) is 0 Å². The Morgan fingerprint density at radius 2 is 2.25 bits per heavy atom. The normalized spacial score (nSPS) is 50.3. The lowest BCUT2D eigenvalue weighted by molar-refractivity contribution is -0.315. The third-order valence-corrected chi connectivity index (χ3v) is 1.94. The second-order valence-corrected chi connectivity index (χ2v) is 2.84. The fourth-order valence-corrected chi connectivity index (χ4v) is 1.05. The van der Waals surface area contributed by atoms with Gasteiger partial charge < -0.3 is 30.9 Å². The molecule has 72 valence electrons. The number of aliphatic hydroxyl groups excluding tert-OH is 3. The van der Waals surface area contributed by atoms with Crippen LogP contribution in [0.25, 0.3) is 0 Å². The lowest BCUT2D eigenvalue weighted by Crippen LogP contribution is -2.63. The molecule has 6 nitrogen and oxygen atoms in total. The van der Waals surface area contributed by atoms with E-state index in [2.05, 4.69) is 0 Å². The lowest BCUT2D eigenvalue weighted by atomic mass is 9.97. The Morgan fingerprint density at radius 1 is 1.58 bits per heavy atom. The predicted octanol–water partition coefficient (Wildman–Crippen LogP) is -3.25. The Bertz CT molecular complexity index is 182. The van der Waals surface area contributed by atoms with Crippen LogP contribution < -0.4 is 5.73 Å². The molecule has 6 heteroatoms. The summed E-state index contributed by atoms with van der Waals surface area (Å²) in [6.07, 6.45) is -4.32. The highest BCUT2D eigenvalue weighted by atomic mass is 16.6. The summed E-state index contributed by atoms with van der Waals surface area (Å²) in [6, 6.07) is 0. The van der Waals surface area contributed by atoms with Crippen LogP contribution in [-0.2, 0) is 4.74 Å². The van der Waals surface area contributed by atoms with Crippen molar-refractivity contribution in [2.24, 2.45) is 5.73 Å². The SMILES string of the molecule is [2H]NCC1(O)OC[C@@H](O)[C@@H](O)[C@@H]1O. The fourth-order valence-electron chi connectivity index (χ4n) is 1.05. The molecule has 0 spiro atoms. The molecule has 1 aliphatic heterocycles. The van der Waals surface area contributed by atoms with Crippen molar-refractivity contribution < 1.29 is 26.6 Å². The first-order valence-electron chi connectivity index (χ1n) is 4.06. The summed E-state index contributed by atoms with van der Waals surface area (Å²) in [6.45, 7) is -0.631. The van der Waals surface area contributed by atoms with Gasteiger partial charge in [0.2, 0.25) is 5.79 Å². The molecule has 12 heavy (non-hydrogen) atoms. The van der Waals surface area contributed by atoms with Crippen molar-refractivity contribution in [2.75, 3.05) is 13.2 Å². The molecule has 0 aromatic heterocycles. The summed E-state index contributed by atoms with van der Waals surface area (Å²) >= 11 is 0. The van der Waals surface area contributed by atoms with Crippen molar-refractivity contribution in [3.05, 3.63) is 0 Å². The Morgan fingerprint density at radius 3 is 2.83 bits per heavy atom. The largest absolute Gasteiger partial charge is 0.388 e. The molecule has 0 bridgehead atoms. The second-order valence-electron chi connectivity index (χ2n) is 2.84.